The molecule has 0 saturated carbocycles. The number of alkyl halides is 4. The summed E-state index contributed by atoms with van der Waals surface area (Å²) < 4.78 is 52.8. The highest BCUT2D eigenvalue weighted by atomic mass is 19.3. The molecule has 1 amide bonds. The van der Waals surface area contributed by atoms with Crippen LogP contribution in [0.3, 0.4) is 0 Å². The van der Waals surface area contributed by atoms with E-state index in [-0.39, 0.29) is 50.7 Å². The number of nitriles is 2. The van der Waals surface area contributed by atoms with E-state index in [4.69, 9.17) is 15.5 Å². The zero-order valence-electron chi connectivity index (χ0n) is 26.2. The average molecular weight is 645 g/mol. The fourth-order valence-electron chi connectivity index (χ4n) is 5.36. The van der Waals surface area contributed by atoms with Crippen molar-refractivity contribution in [1.29, 1.82) is 10.5 Å². The number of aliphatic hydroxyl groups excluding tert-OH is 2. The maximum absolute atomic E-state index is 13.4. The van der Waals surface area contributed by atoms with Gasteiger partial charge in [0.05, 0.1) is 25.3 Å². The first kappa shape index (κ1) is 38.1. The van der Waals surface area contributed by atoms with Crippen molar-refractivity contribution in [3.8, 4) is 12.1 Å². The fourth-order valence-corrected chi connectivity index (χ4v) is 5.36. The average Bonchev–Trinajstić information content (AvgIpc) is 3.75. The first-order valence-electron chi connectivity index (χ1n) is 14.8. The molecule has 4 N–H and O–H groups in total. The Morgan fingerprint density at radius 3 is 1.62 bits per heavy atom. The van der Waals surface area contributed by atoms with Crippen molar-refractivity contribution in [2.75, 3.05) is 52.4 Å². The van der Waals surface area contributed by atoms with Gasteiger partial charge in [-0.3, -0.25) is 14.6 Å². The minimum Gasteiger partial charge on any atom is -0.477 e. The van der Waals surface area contributed by atoms with Gasteiger partial charge in [0.25, 0.3) is 17.8 Å². The van der Waals surface area contributed by atoms with Gasteiger partial charge in [-0.2, -0.15) is 10.5 Å². The maximum Gasteiger partial charge on any atom is 0.346 e. The second kappa shape index (κ2) is 15.5. The Hall–Kier alpha value is -3.08. The van der Waals surface area contributed by atoms with Gasteiger partial charge in [-0.05, 0) is 59.2 Å². The number of carbonyl (C=O) groups is 2. The molecule has 0 unspecified atom stereocenters. The first-order valence-corrected chi connectivity index (χ1v) is 14.8. The summed E-state index contributed by atoms with van der Waals surface area (Å²) in [6, 6.07) is 3.42. The molecule has 0 aromatic rings. The summed E-state index contributed by atoms with van der Waals surface area (Å²) in [5, 5.41) is 47.8. The van der Waals surface area contributed by atoms with Gasteiger partial charge < -0.3 is 25.5 Å². The van der Waals surface area contributed by atoms with Gasteiger partial charge in [0.1, 0.15) is 23.3 Å². The molecule has 0 aliphatic carbocycles. The Morgan fingerprint density at radius 2 is 1.33 bits per heavy atom. The van der Waals surface area contributed by atoms with Crippen molar-refractivity contribution in [3.05, 3.63) is 23.3 Å². The summed E-state index contributed by atoms with van der Waals surface area (Å²) in [5.41, 5.74) is -2.16. The Labute approximate surface area is 261 Å². The largest absolute Gasteiger partial charge is 0.477 e. The van der Waals surface area contributed by atoms with E-state index in [1.807, 2.05) is 6.07 Å². The van der Waals surface area contributed by atoms with E-state index in [0.717, 1.165) is 19.5 Å². The van der Waals surface area contributed by atoms with Crippen molar-refractivity contribution < 1.29 is 42.5 Å². The van der Waals surface area contributed by atoms with Gasteiger partial charge in [0, 0.05) is 56.6 Å². The highest BCUT2D eigenvalue weighted by Gasteiger charge is 2.44. The summed E-state index contributed by atoms with van der Waals surface area (Å²) in [7, 11) is 0. The number of carboxylic acids is 1. The third kappa shape index (κ3) is 11.7. The maximum atomic E-state index is 13.4. The predicted octanol–water partition coefficient (Wildman–Crippen LogP) is 2.13. The molecule has 252 valence electrons. The Bertz CT molecular complexity index is 1200. The molecule has 4 aliphatic rings. The van der Waals surface area contributed by atoms with E-state index < -0.39 is 53.0 Å². The number of nitrogens with one attached hydrogen (secondary N) is 1. The molecular formula is C30H44F4N6O5. The van der Waals surface area contributed by atoms with Crippen molar-refractivity contribution in [2.45, 2.75) is 88.5 Å². The second-order valence-electron chi connectivity index (χ2n) is 12.8. The molecule has 0 aromatic heterocycles. The monoisotopic (exact) mass is 644 g/mol. The molecule has 2 atom stereocenters. The highest BCUT2D eigenvalue weighted by molar-refractivity contribution is 5.97. The molecule has 45 heavy (non-hydrogen) atoms. The molecule has 11 nitrogen and oxygen atoms in total. The molecule has 0 spiro atoms. The number of halogens is 4. The van der Waals surface area contributed by atoms with Crippen LogP contribution >= 0.6 is 0 Å². The number of hydrogen-bond acceptors (Lipinski definition) is 9. The van der Waals surface area contributed by atoms with Crippen molar-refractivity contribution >= 4 is 11.9 Å². The number of hydrogen-bond donors (Lipinski definition) is 4. The number of nitrogens with zero attached hydrogens (tertiary/aromatic N) is 5. The minimum atomic E-state index is -2.73. The van der Waals surface area contributed by atoms with Gasteiger partial charge >= 0.3 is 5.97 Å². The second-order valence-corrected chi connectivity index (χ2v) is 12.8. The number of aliphatic hydroxyl groups is 2. The molecule has 0 radical (unpaired) electrons. The number of aliphatic carboxylic acids is 1. The van der Waals surface area contributed by atoms with Crippen molar-refractivity contribution in [3.63, 3.8) is 0 Å². The van der Waals surface area contributed by atoms with E-state index in [9.17, 15) is 37.5 Å². The Morgan fingerprint density at radius 1 is 0.844 bits per heavy atom. The van der Waals surface area contributed by atoms with Crippen LogP contribution in [0.1, 0.15) is 53.4 Å². The summed E-state index contributed by atoms with van der Waals surface area (Å²) in [6.45, 7) is 8.71. The number of likely N-dealkylation sites (tertiary alicyclic amines) is 3. The van der Waals surface area contributed by atoms with Gasteiger partial charge in [-0.1, -0.05) is 0 Å². The molecule has 4 saturated heterocycles. The molecule has 4 rings (SSSR count). The lowest BCUT2D eigenvalue weighted by molar-refractivity contribution is -0.132. The van der Waals surface area contributed by atoms with E-state index in [0.29, 0.717) is 13.0 Å². The lowest BCUT2D eigenvalue weighted by Crippen LogP contribution is -2.43. The topological polar surface area (TPSA) is 164 Å². The van der Waals surface area contributed by atoms with Crippen LogP contribution in [0.4, 0.5) is 17.6 Å². The molecular weight excluding hydrogens is 600 g/mol. The number of β-amino-alcohol motifs (C(OH)–C–C–N with tert-alkyl or cyclic N) is 2. The van der Waals surface area contributed by atoms with E-state index in [1.165, 1.54) is 22.0 Å². The quantitative estimate of drug-likeness (QED) is 0.191. The van der Waals surface area contributed by atoms with Crippen molar-refractivity contribution in [2.24, 2.45) is 0 Å². The van der Waals surface area contributed by atoms with Crippen LogP contribution in [0.15, 0.2) is 23.3 Å². The van der Waals surface area contributed by atoms with Crippen LogP contribution < -0.4 is 5.32 Å². The van der Waals surface area contributed by atoms with Crippen LogP contribution in [0.2, 0.25) is 0 Å². The number of rotatable bonds is 6. The minimum absolute atomic E-state index is 0.0608. The van der Waals surface area contributed by atoms with Crippen LogP contribution in [0.5, 0.6) is 0 Å². The van der Waals surface area contributed by atoms with Gasteiger partial charge in [-0.25, -0.2) is 22.4 Å². The number of amides is 1. The standard InChI is InChI=1S/C15H21F2N3O2.C11H14F2N2O2.C4H9NO/c1-14(2,20-6-4-15(16,17)10-20)7-11(8-18)13(22)19-5-3-12(21)9-19;1-10(2,5-8(6-14)9(16)17)15-4-3-11(12,13)7-15;6-4-1-2-5-3-4/h7,12,21H,3-6,9-10H2,1-2H3;5H,3-4,7H2,1-2H3,(H,16,17);4-6H,1-3H2/t12-;;4-/m0.0/s1. The zero-order chi connectivity index (χ0) is 34.2. The first-order chi connectivity index (χ1) is 20.7. The molecule has 4 fully saturated rings. The summed E-state index contributed by atoms with van der Waals surface area (Å²) in [4.78, 5) is 27.5. The highest BCUT2D eigenvalue weighted by Crippen LogP contribution is 2.34. The molecule has 0 bridgehead atoms. The Balaban J connectivity index is 0.000000270. The molecule has 0 aromatic carbocycles. The predicted molar refractivity (Wildman–Crippen MR) is 156 cm³/mol. The van der Waals surface area contributed by atoms with E-state index in [1.54, 1.807) is 38.7 Å². The molecule has 4 aliphatic heterocycles. The number of carbonyl (C=O) groups excluding carboxylic acids is 1. The molecule has 15 heteroatoms. The molecule has 4 heterocycles. The Kier molecular flexibility index (Phi) is 13.1. The van der Waals surface area contributed by atoms with E-state index >= 15 is 0 Å². The third-order valence-electron chi connectivity index (χ3n) is 8.15. The third-order valence-corrected chi connectivity index (χ3v) is 8.15. The van der Waals surface area contributed by atoms with Crippen LogP contribution in [-0.2, 0) is 9.59 Å². The lowest BCUT2D eigenvalue weighted by Gasteiger charge is -2.33. The summed E-state index contributed by atoms with van der Waals surface area (Å²) in [6.07, 6.45) is 3.03. The lowest BCUT2D eigenvalue weighted by atomic mass is 9.99. The van der Waals surface area contributed by atoms with Crippen LogP contribution in [-0.4, -0.2) is 129 Å². The normalized spacial score (nSPS) is 25.5. The van der Waals surface area contributed by atoms with E-state index in [2.05, 4.69) is 5.32 Å². The zero-order valence-corrected chi connectivity index (χ0v) is 26.2. The number of carboxylic acid groups (broad SMARTS) is 1. The SMILES string of the molecule is CC(C)(C=C(C#N)C(=O)N1CC[C@H](O)C1)N1CCC(F)(F)C1.CC(C)(C=C(C#N)C(=O)O)N1CCC(F)(F)C1.O[C@H]1CCNC1. The van der Waals surface area contributed by atoms with Crippen LogP contribution in [0, 0.1) is 22.7 Å². The van der Waals surface area contributed by atoms with Gasteiger partial charge in [0.2, 0.25) is 0 Å². The van der Waals surface area contributed by atoms with Gasteiger partial charge in [-0.15, -0.1) is 0 Å². The fraction of sp³-hybridized carbons (Fsp3) is 0.733. The van der Waals surface area contributed by atoms with Crippen LogP contribution in [0.25, 0.3) is 0 Å². The smallest absolute Gasteiger partial charge is 0.346 e. The van der Waals surface area contributed by atoms with Crippen molar-refractivity contribution in [1.82, 2.24) is 20.0 Å². The van der Waals surface area contributed by atoms with Gasteiger partial charge in [0.15, 0.2) is 0 Å². The summed E-state index contributed by atoms with van der Waals surface area (Å²) in [5.74, 6) is -7.24. The summed E-state index contributed by atoms with van der Waals surface area (Å²) >= 11 is 0.